The number of para-hydroxylation sites is 1. The number of piperidine rings is 1. The van der Waals surface area contributed by atoms with Gasteiger partial charge < -0.3 is 24.7 Å². The van der Waals surface area contributed by atoms with Gasteiger partial charge in [-0.25, -0.2) is 4.79 Å². The Morgan fingerprint density at radius 2 is 1.91 bits per heavy atom. The molecule has 0 aliphatic carbocycles. The lowest BCUT2D eigenvalue weighted by Gasteiger charge is -2.32. The number of carbonyl (C=O) groups excluding carboxylic acids is 2. The Balaban J connectivity index is 1.24. The first-order valence-corrected chi connectivity index (χ1v) is 10.9. The molecular weight excluding hydrogens is 422 g/mol. The zero-order valence-electron chi connectivity index (χ0n) is 18.5. The zero-order valence-corrected chi connectivity index (χ0v) is 18.5. The van der Waals surface area contributed by atoms with Gasteiger partial charge in [-0.15, -0.1) is 0 Å². The first-order chi connectivity index (χ1) is 16.0. The third-order valence-electron chi connectivity index (χ3n) is 6.02. The Morgan fingerprint density at radius 1 is 1.12 bits per heavy atom. The molecule has 1 aliphatic rings. The minimum absolute atomic E-state index is 0.0168. The number of fused-ring (bicyclic) bond motifs is 3. The Morgan fingerprint density at radius 3 is 2.64 bits per heavy atom. The Kier molecular flexibility index (Phi) is 5.37. The van der Waals surface area contributed by atoms with E-state index in [9.17, 15) is 9.59 Å². The van der Waals surface area contributed by atoms with E-state index in [1.165, 1.54) is 0 Å². The molecule has 0 atom stereocenters. The smallest absolute Gasteiger partial charge is 0.321 e. The van der Waals surface area contributed by atoms with Crippen LogP contribution in [0.15, 0.2) is 53.2 Å². The van der Waals surface area contributed by atoms with Crippen LogP contribution in [0.4, 0.5) is 10.5 Å². The van der Waals surface area contributed by atoms with Gasteiger partial charge in [0.25, 0.3) is 5.91 Å². The number of aryl methyl sites for hydroxylation is 1. The van der Waals surface area contributed by atoms with Gasteiger partial charge in [-0.3, -0.25) is 9.48 Å². The molecule has 0 unspecified atom stereocenters. The van der Waals surface area contributed by atoms with Crippen molar-refractivity contribution < 1.29 is 18.7 Å². The highest BCUT2D eigenvalue weighted by Gasteiger charge is 2.25. The van der Waals surface area contributed by atoms with Crippen LogP contribution >= 0.6 is 0 Å². The van der Waals surface area contributed by atoms with E-state index < -0.39 is 0 Å². The lowest BCUT2D eigenvalue weighted by Crippen LogP contribution is -2.47. The molecule has 2 aromatic carbocycles. The van der Waals surface area contributed by atoms with E-state index in [0.29, 0.717) is 48.5 Å². The number of aromatic nitrogens is 2. The minimum atomic E-state index is -0.208. The van der Waals surface area contributed by atoms with Crippen LogP contribution < -0.4 is 15.4 Å². The maximum Gasteiger partial charge on any atom is 0.321 e. The summed E-state index contributed by atoms with van der Waals surface area (Å²) in [4.78, 5) is 27.0. The number of ether oxygens (including phenoxy) is 1. The molecule has 9 heteroatoms. The fourth-order valence-corrected chi connectivity index (χ4v) is 4.25. The number of hydrogen-bond acceptors (Lipinski definition) is 5. The van der Waals surface area contributed by atoms with Gasteiger partial charge in [-0.1, -0.05) is 18.2 Å². The van der Waals surface area contributed by atoms with Gasteiger partial charge in [-0.2, -0.15) is 5.10 Å². The summed E-state index contributed by atoms with van der Waals surface area (Å²) in [6.45, 7) is 1.08. The molecule has 0 spiro atoms. The van der Waals surface area contributed by atoms with Crippen LogP contribution in [0.1, 0.15) is 23.2 Å². The highest BCUT2D eigenvalue weighted by Crippen LogP contribution is 2.36. The molecule has 0 radical (unpaired) electrons. The molecular formula is C24H25N5O4. The molecule has 1 aliphatic heterocycles. The summed E-state index contributed by atoms with van der Waals surface area (Å²) in [5.74, 6) is 0.427. The fourth-order valence-electron chi connectivity index (χ4n) is 4.25. The van der Waals surface area contributed by atoms with Crippen LogP contribution in [0.2, 0.25) is 0 Å². The summed E-state index contributed by atoms with van der Waals surface area (Å²) < 4.78 is 13.1. The van der Waals surface area contributed by atoms with Crippen LogP contribution in [0, 0.1) is 0 Å². The molecule has 0 saturated carbocycles. The number of methoxy groups -OCH3 is 1. The Labute approximate surface area is 190 Å². The Hall–Kier alpha value is -4.01. The number of nitrogens with one attached hydrogen (secondary N) is 2. The van der Waals surface area contributed by atoms with E-state index in [2.05, 4.69) is 15.7 Å². The molecule has 1 fully saturated rings. The molecule has 3 heterocycles. The fraction of sp³-hybridized carbons (Fsp3) is 0.292. The number of rotatable bonds is 4. The largest absolute Gasteiger partial charge is 0.495 e. The second-order valence-electron chi connectivity index (χ2n) is 8.21. The van der Waals surface area contributed by atoms with Crippen molar-refractivity contribution >= 4 is 39.6 Å². The second kappa shape index (κ2) is 8.50. The number of hydrogen-bond donors (Lipinski definition) is 2. The highest BCUT2D eigenvalue weighted by molar-refractivity contribution is 6.07. The van der Waals surface area contributed by atoms with Crippen LogP contribution in [-0.2, 0) is 7.05 Å². The maximum atomic E-state index is 12.9. The summed E-state index contributed by atoms with van der Waals surface area (Å²) in [6, 6.07) is 11.3. The van der Waals surface area contributed by atoms with Gasteiger partial charge >= 0.3 is 6.03 Å². The number of urea groups is 1. The number of likely N-dealkylation sites (tertiary alicyclic amines) is 1. The van der Waals surface area contributed by atoms with Crippen LogP contribution in [0.3, 0.4) is 0 Å². The number of anilines is 1. The molecule has 1 saturated heterocycles. The van der Waals surface area contributed by atoms with Gasteiger partial charge in [0.15, 0.2) is 0 Å². The molecule has 2 aromatic heterocycles. The molecule has 3 amide bonds. The molecule has 0 bridgehead atoms. The Bertz CT molecular complexity index is 1330. The lowest BCUT2D eigenvalue weighted by molar-refractivity contribution is 0.0919. The average molecular weight is 447 g/mol. The maximum absolute atomic E-state index is 12.9. The van der Waals surface area contributed by atoms with Gasteiger partial charge in [0, 0.05) is 49.2 Å². The van der Waals surface area contributed by atoms with E-state index in [1.54, 1.807) is 42.2 Å². The average Bonchev–Trinajstić information content (AvgIpc) is 3.42. The number of nitrogens with zero attached hydrogens (tertiary/aromatic N) is 3. The number of furan rings is 1. The molecule has 4 aromatic rings. The summed E-state index contributed by atoms with van der Waals surface area (Å²) >= 11 is 0. The van der Waals surface area contributed by atoms with Crippen molar-refractivity contribution in [3.8, 4) is 5.75 Å². The number of amides is 3. The lowest BCUT2D eigenvalue weighted by atomic mass is 10.0. The van der Waals surface area contributed by atoms with Gasteiger partial charge in [0.05, 0.1) is 24.6 Å². The van der Waals surface area contributed by atoms with E-state index in [0.717, 1.165) is 16.4 Å². The normalized spacial score (nSPS) is 14.5. The van der Waals surface area contributed by atoms with Crippen molar-refractivity contribution in [3.05, 3.63) is 54.4 Å². The molecule has 33 heavy (non-hydrogen) atoms. The van der Waals surface area contributed by atoms with E-state index in [4.69, 9.17) is 9.15 Å². The summed E-state index contributed by atoms with van der Waals surface area (Å²) in [5.41, 5.74) is 2.56. The SMILES string of the molecule is COc1cc2c(cc1NC(=O)N1CCC(NC(=O)c3cnn(C)c3)CC1)oc1ccccc12. The topological polar surface area (TPSA) is 102 Å². The predicted molar refractivity (Wildman–Crippen MR) is 125 cm³/mol. The third-order valence-corrected chi connectivity index (χ3v) is 6.02. The number of benzene rings is 2. The van der Waals surface area contributed by atoms with Gasteiger partial charge in [0.2, 0.25) is 0 Å². The second-order valence-corrected chi connectivity index (χ2v) is 8.21. The van der Waals surface area contributed by atoms with Gasteiger partial charge in [-0.05, 0) is 25.0 Å². The molecule has 170 valence electrons. The predicted octanol–water partition coefficient (Wildman–Crippen LogP) is 3.75. The quantitative estimate of drug-likeness (QED) is 0.496. The van der Waals surface area contributed by atoms with Crippen LogP contribution in [0.5, 0.6) is 5.75 Å². The van der Waals surface area contributed by atoms with Crippen molar-refractivity contribution in [2.24, 2.45) is 7.05 Å². The van der Waals surface area contributed by atoms with Crippen molar-refractivity contribution in [3.63, 3.8) is 0 Å². The van der Waals surface area contributed by atoms with E-state index >= 15 is 0 Å². The van der Waals surface area contributed by atoms with E-state index in [1.807, 2.05) is 30.3 Å². The van der Waals surface area contributed by atoms with Crippen LogP contribution in [0.25, 0.3) is 21.9 Å². The third kappa shape index (κ3) is 4.09. The molecule has 5 rings (SSSR count). The minimum Gasteiger partial charge on any atom is -0.495 e. The summed E-state index contributed by atoms with van der Waals surface area (Å²) in [5, 5.41) is 11.9. The van der Waals surface area contributed by atoms with Crippen molar-refractivity contribution in [2.45, 2.75) is 18.9 Å². The van der Waals surface area contributed by atoms with Crippen LogP contribution in [-0.4, -0.2) is 52.9 Å². The number of carbonyl (C=O) groups is 2. The molecule has 9 nitrogen and oxygen atoms in total. The van der Waals surface area contributed by atoms with Crippen molar-refractivity contribution in [1.82, 2.24) is 20.0 Å². The van der Waals surface area contributed by atoms with E-state index in [-0.39, 0.29) is 18.0 Å². The first-order valence-electron chi connectivity index (χ1n) is 10.9. The highest BCUT2D eigenvalue weighted by atomic mass is 16.5. The summed E-state index contributed by atoms with van der Waals surface area (Å²) in [7, 11) is 3.35. The van der Waals surface area contributed by atoms with Gasteiger partial charge in [0.1, 0.15) is 16.9 Å². The standard InChI is InChI=1S/C24H25N5O4/c1-28-14-15(13-25-28)23(30)26-16-7-9-29(10-8-16)24(31)27-19-12-21-18(11-22(19)32-2)17-5-3-4-6-20(17)33-21/h3-6,11-14,16H,7-10H2,1-2H3,(H,26,30)(H,27,31). The zero-order chi connectivity index (χ0) is 22.9. The van der Waals surface area contributed by atoms with Crippen molar-refractivity contribution in [2.75, 3.05) is 25.5 Å². The monoisotopic (exact) mass is 447 g/mol. The molecule has 2 N–H and O–H groups in total. The summed E-state index contributed by atoms with van der Waals surface area (Å²) in [6.07, 6.45) is 4.59. The van der Waals surface area contributed by atoms with Crippen molar-refractivity contribution in [1.29, 1.82) is 0 Å². The first kappa shape index (κ1) is 20.9.